The molecule has 1 fully saturated rings. The average molecular weight is 299 g/mol. The van der Waals surface area contributed by atoms with Crippen LogP contribution >= 0.6 is 0 Å². The predicted molar refractivity (Wildman–Crippen MR) is 84.5 cm³/mol. The number of allylic oxidation sites excluding steroid dienone is 1. The molecule has 0 amide bonds. The zero-order valence-electron chi connectivity index (χ0n) is 12.4. The highest BCUT2D eigenvalue weighted by molar-refractivity contribution is 5.59. The lowest BCUT2D eigenvalue weighted by Crippen LogP contribution is -2.11. The Bertz CT molecular complexity index is 656. The minimum absolute atomic E-state index is 0.544. The smallest absolute Gasteiger partial charge is 0.159 e. The van der Waals surface area contributed by atoms with E-state index < -0.39 is 11.6 Å². The van der Waals surface area contributed by atoms with Gasteiger partial charge in [0.2, 0.25) is 0 Å². The fraction of sp³-hybridized carbons (Fsp3) is 0.316. The molecular formula is C19H19F2N. The molecule has 3 rings (SSSR count). The van der Waals surface area contributed by atoms with Crippen LogP contribution in [-0.4, -0.2) is 4.98 Å². The van der Waals surface area contributed by atoms with Crippen LogP contribution in [0.15, 0.2) is 49.2 Å². The summed E-state index contributed by atoms with van der Waals surface area (Å²) < 4.78 is 26.3. The molecule has 1 nitrogen and oxygen atoms in total. The predicted octanol–water partition coefficient (Wildman–Crippen LogP) is 5.49. The van der Waals surface area contributed by atoms with Crippen molar-refractivity contribution in [1.29, 1.82) is 0 Å². The zero-order valence-corrected chi connectivity index (χ0v) is 12.4. The molecule has 1 heterocycles. The van der Waals surface area contributed by atoms with Crippen molar-refractivity contribution < 1.29 is 8.78 Å². The first kappa shape index (κ1) is 14.9. The van der Waals surface area contributed by atoms with Crippen molar-refractivity contribution in [3.63, 3.8) is 0 Å². The van der Waals surface area contributed by atoms with Gasteiger partial charge in [0.25, 0.3) is 0 Å². The Labute approximate surface area is 129 Å². The molecular weight excluding hydrogens is 280 g/mol. The maximum Gasteiger partial charge on any atom is 0.159 e. The van der Waals surface area contributed by atoms with Crippen molar-refractivity contribution in [3.05, 3.63) is 66.4 Å². The molecule has 1 saturated carbocycles. The number of benzene rings is 1. The van der Waals surface area contributed by atoms with Crippen molar-refractivity contribution >= 4 is 0 Å². The SMILES string of the molecule is C=CC1CCC(c2ccc(-c3ccc(F)c(F)c3)nc2)CC1. The molecule has 1 aliphatic carbocycles. The van der Waals surface area contributed by atoms with E-state index in [-0.39, 0.29) is 0 Å². The average Bonchev–Trinajstić information content (AvgIpc) is 2.58. The van der Waals surface area contributed by atoms with Gasteiger partial charge in [-0.15, -0.1) is 6.58 Å². The van der Waals surface area contributed by atoms with Gasteiger partial charge in [-0.2, -0.15) is 0 Å². The van der Waals surface area contributed by atoms with E-state index >= 15 is 0 Å². The summed E-state index contributed by atoms with van der Waals surface area (Å²) in [6.45, 7) is 3.87. The van der Waals surface area contributed by atoms with Gasteiger partial charge in [-0.05, 0) is 67.3 Å². The highest BCUT2D eigenvalue weighted by Gasteiger charge is 2.20. The number of hydrogen-bond donors (Lipinski definition) is 0. The molecule has 22 heavy (non-hydrogen) atoms. The van der Waals surface area contributed by atoms with Crippen LogP contribution < -0.4 is 0 Å². The monoisotopic (exact) mass is 299 g/mol. The van der Waals surface area contributed by atoms with E-state index in [1.807, 2.05) is 12.3 Å². The maximum absolute atomic E-state index is 13.3. The highest BCUT2D eigenvalue weighted by Crippen LogP contribution is 2.36. The fourth-order valence-electron chi connectivity index (χ4n) is 3.16. The van der Waals surface area contributed by atoms with E-state index in [0.29, 0.717) is 23.1 Å². The molecule has 114 valence electrons. The Morgan fingerprint density at radius 1 is 1.00 bits per heavy atom. The third-order valence-electron chi connectivity index (χ3n) is 4.58. The van der Waals surface area contributed by atoms with Gasteiger partial charge in [0.15, 0.2) is 11.6 Å². The normalized spacial score (nSPS) is 21.5. The largest absolute Gasteiger partial charge is 0.256 e. The van der Waals surface area contributed by atoms with Crippen LogP contribution in [-0.2, 0) is 0 Å². The quantitative estimate of drug-likeness (QED) is 0.683. The number of aromatic nitrogens is 1. The van der Waals surface area contributed by atoms with Crippen LogP contribution in [0.3, 0.4) is 0 Å². The second-order valence-electron chi connectivity index (χ2n) is 5.95. The Morgan fingerprint density at radius 2 is 1.77 bits per heavy atom. The Morgan fingerprint density at radius 3 is 2.36 bits per heavy atom. The summed E-state index contributed by atoms with van der Waals surface area (Å²) in [7, 11) is 0. The summed E-state index contributed by atoms with van der Waals surface area (Å²) in [5.41, 5.74) is 2.50. The van der Waals surface area contributed by atoms with Gasteiger partial charge in [-0.1, -0.05) is 12.1 Å². The fourth-order valence-corrected chi connectivity index (χ4v) is 3.16. The molecule has 0 saturated heterocycles. The first-order valence-electron chi connectivity index (χ1n) is 7.71. The van der Waals surface area contributed by atoms with Crippen molar-refractivity contribution in [1.82, 2.24) is 4.98 Å². The molecule has 3 heteroatoms. The second kappa shape index (κ2) is 6.39. The van der Waals surface area contributed by atoms with E-state index in [1.54, 1.807) is 6.07 Å². The Balaban J connectivity index is 1.75. The van der Waals surface area contributed by atoms with Crippen LogP contribution in [0, 0.1) is 17.6 Å². The summed E-state index contributed by atoms with van der Waals surface area (Å²) in [6.07, 6.45) is 8.60. The molecule has 0 spiro atoms. The highest BCUT2D eigenvalue weighted by atomic mass is 19.2. The van der Waals surface area contributed by atoms with E-state index in [4.69, 9.17) is 0 Å². The molecule has 0 atom stereocenters. The topological polar surface area (TPSA) is 12.9 Å². The van der Waals surface area contributed by atoms with Crippen molar-refractivity contribution in [3.8, 4) is 11.3 Å². The maximum atomic E-state index is 13.3. The zero-order chi connectivity index (χ0) is 15.5. The summed E-state index contributed by atoms with van der Waals surface area (Å²) in [4.78, 5) is 4.42. The van der Waals surface area contributed by atoms with E-state index in [1.165, 1.54) is 24.5 Å². The molecule has 0 radical (unpaired) electrons. The van der Waals surface area contributed by atoms with Gasteiger partial charge in [-0.25, -0.2) is 8.78 Å². The number of rotatable bonds is 3. The van der Waals surface area contributed by atoms with Gasteiger partial charge in [0, 0.05) is 11.8 Å². The first-order valence-corrected chi connectivity index (χ1v) is 7.71. The standard InChI is InChI=1S/C19H19F2N/c1-2-13-3-5-14(6-4-13)16-8-10-19(22-12-16)15-7-9-17(20)18(21)11-15/h2,7-14H,1,3-6H2. The number of hydrogen-bond acceptors (Lipinski definition) is 1. The number of halogens is 2. The minimum Gasteiger partial charge on any atom is -0.256 e. The molecule has 1 aromatic heterocycles. The molecule has 0 aliphatic heterocycles. The summed E-state index contributed by atoms with van der Waals surface area (Å²) in [5, 5.41) is 0. The molecule has 0 unspecified atom stereocenters. The first-order chi connectivity index (χ1) is 10.7. The molecule has 1 aromatic carbocycles. The van der Waals surface area contributed by atoms with Crippen molar-refractivity contribution in [2.75, 3.05) is 0 Å². The minimum atomic E-state index is -0.842. The molecule has 1 aliphatic rings. The second-order valence-corrected chi connectivity index (χ2v) is 5.95. The molecule has 0 N–H and O–H groups in total. The lowest BCUT2D eigenvalue weighted by Gasteiger charge is -2.26. The summed E-state index contributed by atoms with van der Waals surface area (Å²) >= 11 is 0. The van der Waals surface area contributed by atoms with Gasteiger partial charge in [0.05, 0.1) is 5.69 Å². The van der Waals surface area contributed by atoms with Gasteiger partial charge >= 0.3 is 0 Å². The van der Waals surface area contributed by atoms with E-state index in [2.05, 4.69) is 23.7 Å². The van der Waals surface area contributed by atoms with Gasteiger partial charge in [-0.3, -0.25) is 4.98 Å². The van der Waals surface area contributed by atoms with Gasteiger partial charge in [0.1, 0.15) is 0 Å². The van der Waals surface area contributed by atoms with E-state index in [9.17, 15) is 8.78 Å². The van der Waals surface area contributed by atoms with Gasteiger partial charge < -0.3 is 0 Å². The third kappa shape index (κ3) is 3.08. The molecule has 0 bridgehead atoms. The summed E-state index contributed by atoms with van der Waals surface area (Å²) in [6, 6.07) is 7.82. The van der Waals surface area contributed by atoms with Crippen molar-refractivity contribution in [2.45, 2.75) is 31.6 Å². The molecule has 2 aromatic rings. The van der Waals surface area contributed by atoms with Crippen LogP contribution in [0.25, 0.3) is 11.3 Å². The van der Waals surface area contributed by atoms with Crippen molar-refractivity contribution in [2.24, 2.45) is 5.92 Å². The van der Waals surface area contributed by atoms with Crippen LogP contribution in [0.4, 0.5) is 8.78 Å². The summed E-state index contributed by atoms with van der Waals surface area (Å²) in [5.74, 6) is -0.487. The van der Waals surface area contributed by atoms with Crippen LogP contribution in [0.2, 0.25) is 0 Å². The lowest BCUT2D eigenvalue weighted by molar-refractivity contribution is 0.376. The van der Waals surface area contributed by atoms with Crippen LogP contribution in [0.1, 0.15) is 37.2 Å². The Kier molecular flexibility index (Phi) is 4.32. The number of pyridine rings is 1. The lowest BCUT2D eigenvalue weighted by atomic mass is 9.79. The number of nitrogens with zero attached hydrogens (tertiary/aromatic N) is 1. The third-order valence-corrected chi connectivity index (χ3v) is 4.58. The van der Waals surface area contributed by atoms with E-state index in [0.717, 1.165) is 18.9 Å². The Hall–Kier alpha value is -2.03. The van der Waals surface area contributed by atoms with Crippen LogP contribution in [0.5, 0.6) is 0 Å².